The van der Waals surface area contributed by atoms with Gasteiger partial charge in [0, 0.05) is 13.0 Å². The Labute approximate surface area is 120 Å². The Bertz CT molecular complexity index is 517. The Morgan fingerprint density at radius 2 is 1.95 bits per heavy atom. The van der Waals surface area contributed by atoms with Gasteiger partial charge in [-0.3, -0.25) is 14.9 Å². The van der Waals surface area contributed by atoms with E-state index >= 15 is 0 Å². The average Bonchev–Trinajstić information content (AvgIpc) is 2.75. The van der Waals surface area contributed by atoms with Gasteiger partial charge in [0.15, 0.2) is 0 Å². The van der Waals surface area contributed by atoms with Gasteiger partial charge in [0.1, 0.15) is 18.1 Å². The first-order valence-corrected chi connectivity index (χ1v) is 6.48. The molecular weight excluding hydrogens is 282 g/mol. The van der Waals surface area contributed by atoms with Crippen LogP contribution in [0.1, 0.15) is 20.3 Å². The lowest BCUT2D eigenvalue weighted by Gasteiger charge is -2.42. The summed E-state index contributed by atoms with van der Waals surface area (Å²) in [5.74, 6) is -2.48. The lowest BCUT2D eigenvalue weighted by atomic mass is 9.99. The van der Waals surface area contributed by atoms with Gasteiger partial charge >= 0.3 is 12.0 Å². The van der Waals surface area contributed by atoms with E-state index in [-0.39, 0.29) is 19.5 Å². The van der Waals surface area contributed by atoms with Crippen LogP contribution < -0.4 is 5.32 Å². The number of hydrogen-bond donors (Lipinski definition) is 3. The molecule has 116 valence electrons. The highest BCUT2D eigenvalue weighted by Gasteiger charge is 2.48. The quantitative estimate of drug-likeness (QED) is 0.498. The number of carboxylic acids is 1. The minimum atomic E-state index is -1.28. The maximum atomic E-state index is 12.5. The summed E-state index contributed by atoms with van der Waals surface area (Å²) in [4.78, 5) is 49.0. The molecular formula is C12H17N3O6. The Balaban J connectivity index is 2.27. The van der Waals surface area contributed by atoms with Crippen molar-refractivity contribution >= 4 is 23.8 Å². The maximum absolute atomic E-state index is 12.5. The van der Waals surface area contributed by atoms with Crippen molar-refractivity contribution in [3.05, 3.63) is 0 Å². The van der Waals surface area contributed by atoms with E-state index in [1.807, 2.05) is 0 Å². The molecule has 2 aliphatic heterocycles. The van der Waals surface area contributed by atoms with E-state index in [0.717, 1.165) is 9.80 Å². The second kappa shape index (κ2) is 4.99. The van der Waals surface area contributed by atoms with E-state index in [2.05, 4.69) is 5.32 Å². The van der Waals surface area contributed by atoms with Crippen molar-refractivity contribution in [1.82, 2.24) is 15.1 Å². The molecule has 3 N–H and O–H groups in total. The monoisotopic (exact) mass is 299 g/mol. The van der Waals surface area contributed by atoms with E-state index in [1.165, 1.54) is 13.8 Å². The molecule has 21 heavy (non-hydrogen) atoms. The number of carbonyl (C=O) groups excluding carboxylic acids is 3. The number of hydrogen-bond acceptors (Lipinski definition) is 5. The van der Waals surface area contributed by atoms with Gasteiger partial charge < -0.3 is 20.0 Å². The third-order valence-corrected chi connectivity index (χ3v) is 3.83. The zero-order valence-corrected chi connectivity index (χ0v) is 11.7. The number of nitrogens with zero attached hydrogens (tertiary/aromatic N) is 2. The molecule has 0 aromatic carbocycles. The van der Waals surface area contributed by atoms with Crippen LogP contribution in [0.3, 0.4) is 0 Å². The number of imide groups is 1. The molecule has 0 aliphatic carbocycles. The summed E-state index contributed by atoms with van der Waals surface area (Å²) in [6.07, 6.45) is -1.01. The standard InChI is InChI=1S/C12H17N3O6/c1-12(2)10(20)13-8(17)5-15(12)11(21)14-4-6(16)3-7(14)9(18)19/h6-7,16H,3-5H2,1-2H3,(H,18,19)(H,13,17,20)/t6-,7-/m1/s1. The first-order valence-electron chi connectivity index (χ1n) is 6.48. The fraction of sp³-hybridized carbons (Fsp3) is 0.667. The van der Waals surface area contributed by atoms with Gasteiger partial charge in [-0.1, -0.05) is 0 Å². The smallest absolute Gasteiger partial charge is 0.326 e. The molecule has 4 amide bonds. The minimum absolute atomic E-state index is 0.0739. The predicted molar refractivity (Wildman–Crippen MR) is 68.1 cm³/mol. The van der Waals surface area contributed by atoms with Gasteiger partial charge in [0.2, 0.25) is 5.91 Å². The van der Waals surface area contributed by atoms with Crippen LogP contribution in [0.5, 0.6) is 0 Å². The largest absolute Gasteiger partial charge is 0.480 e. The van der Waals surface area contributed by atoms with Gasteiger partial charge in [-0.2, -0.15) is 0 Å². The second-order valence-electron chi connectivity index (χ2n) is 5.70. The number of amides is 4. The number of nitrogens with one attached hydrogen (secondary N) is 1. The fourth-order valence-corrected chi connectivity index (χ4v) is 2.50. The number of carboxylic acid groups (broad SMARTS) is 1. The van der Waals surface area contributed by atoms with Crippen LogP contribution in [0.15, 0.2) is 0 Å². The number of piperazine rings is 1. The lowest BCUT2D eigenvalue weighted by molar-refractivity contribution is -0.143. The Hall–Kier alpha value is -2.16. The van der Waals surface area contributed by atoms with E-state index in [1.54, 1.807) is 0 Å². The average molecular weight is 299 g/mol. The number of rotatable bonds is 1. The molecule has 2 atom stereocenters. The molecule has 2 aliphatic rings. The summed E-state index contributed by atoms with van der Waals surface area (Å²) in [6, 6.07) is -1.91. The highest BCUT2D eigenvalue weighted by molar-refractivity contribution is 6.06. The van der Waals surface area contributed by atoms with Crippen LogP contribution in [-0.4, -0.2) is 74.6 Å². The van der Waals surface area contributed by atoms with Crippen molar-refractivity contribution in [2.75, 3.05) is 13.1 Å². The van der Waals surface area contributed by atoms with Crippen LogP contribution in [-0.2, 0) is 14.4 Å². The molecule has 2 saturated heterocycles. The number of likely N-dealkylation sites (tertiary alicyclic amines) is 1. The molecule has 0 spiro atoms. The van der Waals surface area contributed by atoms with E-state index in [4.69, 9.17) is 5.11 Å². The van der Waals surface area contributed by atoms with Crippen molar-refractivity contribution in [2.45, 2.75) is 38.0 Å². The molecule has 2 fully saturated rings. The van der Waals surface area contributed by atoms with Crippen molar-refractivity contribution in [3.63, 3.8) is 0 Å². The predicted octanol–water partition coefficient (Wildman–Crippen LogP) is -1.64. The molecule has 0 aromatic rings. The number of aliphatic hydroxyl groups is 1. The van der Waals surface area contributed by atoms with E-state index in [9.17, 15) is 24.3 Å². The third-order valence-electron chi connectivity index (χ3n) is 3.83. The Kier molecular flexibility index (Phi) is 3.62. The Morgan fingerprint density at radius 1 is 1.33 bits per heavy atom. The number of aliphatic hydroxyl groups excluding tert-OH is 1. The van der Waals surface area contributed by atoms with Crippen LogP contribution in [0, 0.1) is 0 Å². The molecule has 2 heterocycles. The topological polar surface area (TPSA) is 127 Å². The van der Waals surface area contributed by atoms with Gasteiger partial charge in [0.05, 0.1) is 6.10 Å². The van der Waals surface area contributed by atoms with Crippen LogP contribution in [0.25, 0.3) is 0 Å². The third kappa shape index (κ3) is 2.56. The van der Waals surface area contributed by atoms with E-state index in [0.29, 0.717) is 0 Å². The number of aliphatic carboxylic acids is 1. The summed E-state index contributed by atoms with van der Waals surface area (Å²) in [7, 11) is 0. The Morgan fingerprint density at radius 3 is 2.52 bits per heavy atom. The molecule has 9 nitrogen and oxygen atoms in total. The van der Waals surface area contributed by atoms with Gasteiger partial charge in [-0.15, -0.1) is 0 Å². The molecule has 0 unspecified atom stereocenters. The zero-order chi connectivity index (χ0) is 15.9. The normalized spacial score (nSPS) is 28.5. The number of urea groups is 1. The number of β-amino-alcohol motifs (C(OH)–C–C–N with tert-alkyl or cyclic N) is 1. The SMILES string of the molecule is CC1(C)C(=O)NC(=O)CN1C(=O)N1C[C@H](O)C[C@@H]1C(=O)O. The maximum Gasteiger partial charge on any atom is 0.326 e. The zero-order valence-electron chi connectivity index (χ0n) is 11.7. The van der Waals surface area contributed by atoms with Crippen molar-refractivity contribution < 1.29 is 29.4 Å². The summed E-state index contributed by atoms with van der Waals surface area (Å²) in [5, 5.41) is 20.8. The fourth-order valence-electron chi connectivity index (χ4n) is 2.50. The van der Waals surface area contributed by atoms with Crippen molar-refractivity contribution in [3.8, 4) is 0 Å². The van der Waals surface area contributed by atoms with Gasteiger partial charge in [-0.05, 0) is 13.8 Å². The van der Waals surface area contributed by atoms with Gasteiger partial charge in [-0.25, -0.2) is 9.59 Å². The summed E-state index contributed by atoms with van der Waals surface area (Å²) < 4.78 is 0. The second-order valence-corrected chi connectivity index (χ2v) is 5.70. The molecule has 2 rings (SSSR count). The first kappa shape index (κ1) is 15.2. The molecule has 0 aromatic heterocycles. The summed E-state index contributed by atoms with van der Waals surface area (Å²) in [5.41, 5.74) is -1.28. The molecule has 0 radical (unpaired) electrons. The summed E-state index contributed by atoms with van der Waals surface area (Å²) >= 11 is 0. The highest BCUT2D eigenvalue weighted by Crippen LogP contribution is 2.25. The van der Waals surface area contributed by atoms with Crippen LogP contribution in [0.4, 0.5) is 4.79 Å². The first-order chi connectivity index (χ1) is 9.64. The minimum Gasteiger partial charge on any atom is -0.480 e. The molecule has 0 bridgehead atoms. The summed E-state index contributed by atoms with van der Waals surface area (Å²) in [6.45, 7) is 2.46. The number of carbonyl (C=O) groups is 4. The van der Waals surface area contributed by atoms with Crippen molar-refractivity contribution in [2.24, 2.45) is 0 Å². The van der Waals surface area contributed by atoms with Gasteiger partial charge in [0.25, 0.3) is 5.91 Å². The highest BCUT2D eigenvalue weighted by atomic mass is 16.4. The lowest BCUT2D eigenvalue weighted by Crippen LogP contribution is -2.67. The molecule has 9 heteroatoms. The van der Waals surface area contributed by atoms with Crippen LogP contribution in [0.2, 0.25) is 0 Å². The van der Waals surface area contributed by atoms with Crippen LogP contribution >= 0.6 is 0 Å². The molecule has 0 saturated carbocycles. The van der Waals surface area contributed by atoms with Crippen molar-refractivity contribution in [1.29, 1.82) is 0 Å². The van der Waals surface area contributed by atoms with E-state index < -0.39 is 41.5 Å².